The van der Waals surface area contributed by atoms with Crippen LogP contribution < -0.4 is 16.0 Å². The Morgan fingerprint density at radius 1 is 1.05 bits per heavy atom. The maximum absolute atomic E-state index is 11.4. The van der Waals surface area contributed by atoms with Crippen molar-refractivity contribution in [3.8, 4) is 0 Å². The first-order chi connectivity index (χ1) is 10.2. The van der Waals surface area contributed by atoms with Crippen LogP contribution in [0.15, 0.2) is 6.07 Å². The summed E-state index contributed by atoms with van der Waals surface area (Å²) in [6, 6.07) is 1.90. The lowest BCUT2D eigenvalue weighted by atomic mass is 10.3. The third kappa shape index (κ3) is 6.92. The maximum Gasteiger partial charge on any atom is 0.221 e. The second-order valence-electron chi connectivity index (χ2n) is 4.86. The molecule has 0 saturated heterocycles. The molecular formula is C15H27N5O. The van der Waals surface area contributed by atoms with Gasteiger partial charge in [-0.3, -0.25) is 4.79 Å². The Bertz CT molecular complexity index is 436. The van der Waals surface area contributed by atoms with Crippen molar-refractivity contribution < 1.29 is 4.79 Å². The highest BCUT2D eigenvalue weighted by atomic mass is 16.1. The summed E-state index contributed by atoms with van der Waals surface area (Å²) in [5, 5.41) is 9.26. The number of carbonyl (C=O) groups is 1. The lowest BCUT2D eigenvalue weighted by molar-refractivity contribution is -0.120. The second kappa shape index (κ2) is 9.96. The highest BCUT2D eigenvalue weighted by Crippen LogP contribution is 2.12. The fraction of sp³-hybridized carbons (Fsp3) is 0.667. The van der Waals surface area contributed by atoms with E-state index >= 15 is 0 Å². The summed E-state index contributed by atoms with van der Waals surface area (Å²) in [5.41, 5.74) is 0. The summed E-state index contributed by atoms with van der Waals surface area (Å²) in [6.45, 7) is 8.27. The SMILES string of the molecule is CCCNc1cc(NCCC(=O)NCC)nc(CCC)n1. The molecular weight excluding hydrogens is 266 g/mol. The molecule has 0 fully saturated rings. The molecule has 0 bridgehead atoms. The van der Waals surface area contributed by atoms with Crippen molar-refractivity contribution in [2.24, 2.45) is 0 Å². The third-order valence-electron chi connectivity index (χ3n) is 2.83. The van der Waals surface area contributed by atoms with Crippen LogP contribution in [0.5, 0.6) is 0 Å². The Hall–Kier alpha value is -1.85. The van der Waals surface area contributed by atoms with Crippen molar-refractivity contribution in [3.63, 3.8) is 0 Å². The third-order valence-corrected chi connectivity index (χ3v) is 2.83. The van der Waals surface area contributed by atoms with Gasteiger partial charge in [0.25, 0.3) is 0 Å². The molecule has 0 aliphatic carbocycles. The molecule has 1 amide bonds. The molecule has 1 heterocycles. The van der Waals surface area contributed by atoms with E-state index in [-0.39, 0.29) is 5.91 Å². The van der Waals surface area contributed by atoms with E-state index in [0.29, 0.717) is 19.5 Å². The van der Waals surface area contributed by atoms with E-state index in [9.17, 15) is 4.79 Å². The Morgan fingerprint density at radius 3 is 2.29 bits per heavy atom. The zero-order chi connectivity index (χ0) is 15.5. The molecule has 1 rings (SSSR count). The average molecular weight is 293 g/mol. The van der Waals surface area contributed by atoms with Crippen LogP contribution in [-0.2, 0) is 11.2 Å². The molecule has 0 aliphatic heterocycles. The molecule has 1 aromatic heterocycles. The topological polar surface area (TPSA) is 78.9 Å². The van der Waals surface area contributed by atoms with Crippen LogP contribution in [0.2, 0.25) is 0 Å². The lowest BCUT2D eigenvalue weighted by Gasteiger charge is -2.11. The first-order valence-corrected chi connectivity index (χ1v) is 7.81. The maximum atomic E-state index is 11.4. The van der Waals surface area contributed by atoms with Gasteiger partial charge in [0.15, 0.2) is 0 Å². The van der Waals surface area contributed by atoms with Crippen LogP contribution in [0.3, 0.4) is 0 Å². The fourth-order valence-corrected chi connectivity index (χ4v) is 1.86. The first kappa shape index (κ1) is 17.2. The number of hydrogen-bond donors (Lipinski definition) is 3. The van der Waals surface area contributed by atoms with Gasteiger partial charge in [-0.1, -0.05) is 13.8 Å². The van der Waals surface area contributed by atoms with Crippen LogP contribution in [0.4, 0.5) is 11.6 Å². The van der Waals surface area contributed by atoms with Crippen molar-refractivity contribution in [3.05, 3.63) is 11.9 Å². The van der Waals surface area contributed by atoms with Crippen LogP contribution in [0.25, 0.3) is 0 Å². The highest BCUT2D eigenvalue weighted by molar-refractivity contribution is 5.76. The van der Waals surface area contributed by atoms with Crippen molar-refractivity contribution >= 4 is 17.5 Å². The minimum Gasteiger partial charge on any atom is -0.370 e. The summed E-state index contributed by atoms with van der Waals surface area (Å²) in [4.78, 5) is 20.4. The zero-order valence-corrected chi connectivity index (χ0v) is 13.3. The van der Waals surface area contributed by atoms with Gasteiger partial charge < -0.3 is 16.0 Å². The predicted octanol–water partition coefficient (Wildman–Crippen LogP) is 2.19. The van der Waals surface area contributed by atoms with Crippen LogP contribution in [0, 0.1) is 0 Å². The second-order valence-corrected chi connectivity index (χ2v) is 4.86. The minimum atomic E-state index is 0.0529. The van der Waals surface area contributed by atoms with E-state index in [2.05, 4.69) is 39.8 Å². The Balaban J connectivity index is 2.61. The fourth-order valence-electron chi connectivity index (χ4n) is 1.86. The molecule has 0 spiro atoms. The smallest absolute Gasteiger partial charge is 0.221 e. The molecule has 0 aromatic carbocycles. The number of carbonyl (C=O) groups excluding carboxylic acids is 1. The Kier molecular flexibility index (Phi) is 8.16. The van der Waals surface area contributed by atoms with E-state index in [1.807, 2.05) is 13.0 Å². The molecule has 0 unspecified atom stereocenters. The average Bonchev–Trinajstić information content (AvgIpc) is 2.45. The molecule has 3 N–H and O–H groups in total. The van der Waals surface area contributed by atoms with Gasteiger partial charge in [-0.05, 0) is 19.8 Å². The van der Waals surface area contributed by atoms with Crippen LogP contribution >= 0.6 is 0 Å². The number of nitrogens with one attached hydrogen (secondary N) is 3. The number of anilines is 2. The van der Waals surface area contributed by atoms with Gasteiger partial charge in [-0.15, -0.1) is 0 Å². The van der Waals surface area contributed by atoms with E-state index in [1.54, 1.807) is 0 Å². The number of rotatable bonds is 10. The summed E-state index contributed by atoms with van der Waals surface area (Å²) in [7, 11) is 0. The Labute approximate surface area is 127 Å². The number of nitrogens with zero attached hydrogens (tertiary/aromatic N) is 2. The van der Waals surface area contributed by atoms with E-state index < -0.39 is 0 Å². The number of amides is 1. The summed E-state index contributed by atoms with van der Waals surface area (Å²) in [5.74, 6) is 2.50. The van der Waals surface area contributed by atoms with E-state index in [4.69, 9.17) is 0 Å². The standard InChI is InChI=1S/C15H27N5O/c1-4-7-12-19-13(17-9-5-2)11-14(20-12)18-10-8-15(21)16-6-3/h11H,4-10H2,1-3H3,(H,16,21)(H2,17,18,19,20). The van der Waals surface area contributed by atoms with Crippen LogP contribution in [0.1, 0.15) is 45.9 Å². The molecule has 6 heteroatoms. The van der Waals surface area contributed by atoms with Gasteiger partial charge in [0, 0.05) is 38.5 Å². The molecule has 0 radical (unpaired) electrons. The van der Waals surface area contributed by atoms with Gasteiger partial charge >= 0.3 is 0 Å². The van der Waals surface area contributed by atoms with Crippen molar-refractivity contribution in [2.45, 2.75) is 46.5 Å². The quantitative estimate of drug-likeness (QED) is 0.616. The molecule has 21 heavy (non-hydrogen) atoms. The Morgan fingerprint density at radius 2 is 1.71 bits per heavy atom. The summed E-state index contributed by atoms with van der Waals surface area (Å²) in [6.07, 6.45) is 3.36. The lowest BCUT2D eigenvalue weighted by Crippen LogP contribution is -2.25. The van der Waals surface area contributed by atoms with Crippen molar-refractivity contribution in [1.82, 2.24) is 15.3 Å². The monoisotopic (exact) mass is 293 g/mol. The summed E-state index contributed by atoms with van der Waals surface area (Å²) >= 11 is 0. The van der Waals surface area contributed by atoms with Gasteiger partial charge in [0.1, 0.15) is 17.5 Å². The first-order valence-electron chi connectivity index (χ1n) is 7.81. The van der Waals surface area contributed by atoms with Gasteiger partial charge in [0.2, 0.25) is 5.91 Å². The van der Waals surface area contributed by atoms with Gasteiger partial charge in [-0.25, -0.2) is 9.97 Å². The molecule has 0 saturated carbocycles. The van der Waals surface area contributed by atoms with Gasteiger partial charge in [0.05, 0.1) is 0 Å². The molecule has 1 aromatic rings. The number of aromatic nitrogens is 2. The van der Waals surface area contributed by atoms with Crippen molar-refractivity contribution in [2.75, 3.05) is 30.3 Å². The molecule has 118 valence electrons. The minimum absolute atomic E-state index is 0.0529. The van der Waals surface area contributed by atoms with Crippen molar-refractivity contribution in [1.29, 1.82) is 0 Å². The van der Waals surface area contributed by atoms with Crippen LogP contribution in [-0.4, -0.2) is 35.5 Å². The molecule has 0 atom stereocenters. The number of hydrogen-bond acceptors (Lipinski definition) is 5. The molecule has 6 nitrogen and oxygen atoms in total. The largest absolute Gasteiger partial charge is 0.370 e. The predicted molar refractivity (Wildman–Crippen MR) is 86.6 cm³/mol. The highest BCUT2D eigenvalue weighted by Gasteiger charge is 2.05. The van der Waals surface area contributed by atoms with E-state index in [1.165, 1.54) is 0 Å². The van der Waals surface area contributed by atoms with Gasteiger partial charge in [-0.2, -0.15) is 0 Å². The normalized spacial score (nSPS) is 10.2. The van der Waals surface area contributed by atoms with E-state index in [0.717, 1.165) is 43.3 Å². The zero-order valence-electron chi connectivity index (χ0n) is 13.3. The summed E-state index contributed by atoms with van der Waals surface area (Å²) < 4.78 is 0. The molecule has 0 aliphatic rings. The number of aryl methyl sites for hydroxylation is 1.